The molecule has 262 valence electrons. The second kappa shape index (κ2) is 17.5. The van der Waals surface area contributed by atoms with Crippen molar-refractivity contribution in [3.63, 3.8) is 0 Å². The van der Waals surface area contributed by atoms with Crippen LogP contribution in [0.4, 0.5) is 10.7 Å². The van der Waals surface area contributed by atoms with E-state index in [0.717, 1.165) is 51.4 Å². The number of nitriles is 1. The van der Waals surface area contributed by atoms with Crippen molar-refractivity contribution < 1.29 is 14.4 Å². The Morgan fingerprint density at radius 1 is 0.962 bits per heavy atom. The predicted octanol–water partition coefficient (Wildman–Crippen LogP) is 8.86. The zero-order valence-corrected chi connectivity index (χ0v) is 31.6. The molecule has 1 unspecified atom stereocenters. The zero-order valence-electron chi connectivity index (χ0n) is 28.4. The van der Waals surface area contributed by atoms with Crippen molar-refractivity contribution in [1.29, 1.82) is 5.26 Å². The van der Waals surface area contributed by atoms with Gasteiger partial charge in [0.2, 0.25) is 5.91 Å². The molecule has 0 saturated carbocycles. The Kier molecular flexibility index (Phi) is 12.4. The van der Waals surface area contributed by atoms with Crippen molar-refractivity contribution in [3.05, 3.63) is 152 Å². The first-order chi connectivity index (χ1) is 25.3. The molecular formula is C41H36BrN5O3S2. The van der Waals surface area contributed by atoms with Gasteiger partial charge < -0.3 is 16.0 Å². The molecule has 6 rings (SSSR count). The van der Waals surface area contributed by atoms with Crippen LogP contribution in [0.25, 0.3) is 6.08 Å². The van der Waals surface area contributed by atoms with Crippen LogP contribution in [-0.4, -0.2) is 34.4 Å². The fraction of sp³-hybridized carbons (Fsp3) is 0.171. The van der Waals surface area contributed by atoms with Crippen LogP contribution in [0.5, 0.6) is 0 Å². The fourth-order valence-electron chi connectivity index (χ4n) is 5.83. The van der Waals surface area contributed by atoms with Crippen molar-refractivity contribution >= 4 is 73.5 Å². The Morgan fingerprint density at radius 3 is 2.40 bits per heavy atom. The van der Waals surface area contributed by atoms with Crippen molar-refractivity contribution in [1.82, 2.24) is 10.2 Å². The lowest BCUT2D eigenvalue weighted by atomic mass is 10.0. The number of nitrogens with zero attached hydrogens (tertiary/aromatic N) is 2. The van der Waals surface area contributed by atoms with Gasteiger partial charge in [-0.3, -0.25) is 19.3 Å². The van der Waals surface area contributed by atoms with Gasteiger partial charge in [-0.15, -0.1) is 23.1 Å². The maximum Gasteiger partial charge on any atom is 0.272 e. The molecule has 0 fully saturated rings. The SMILES string of the molecule is CCC(Sc1cccc(NC(=O)/C(=C/c2ccc(Br)cc2)NC(=O)c2ccccc2)c1)C(=O)Nc1sc2c(c1C#N)CCN(Cc1ccccc1)C2. The second-order valence-corrected chi connectivity index (χ2v) is 15.5. The van der Waals surface area contributed by atoms with Crippen molar-refractivity contribution in [3.8, 4) is 6.07 Å². The lowest BCUT2D eigenvalue weighted by Gasteiger charge is -2.26. The van der Waals surface area contributed by atoms with Crippen LogP contribution >= 0.6 is 39.0 Å². The standard InChI is InChI=1S/C41H36BrN5O3S2/c1-2-36(40(50)46-41-34(24-43)33-20-21-47(26-37(33)52-41)25-28-10-5-3-6-11-28)51-32-15-9-14-31(23-32)44-39(49)35(22-27-16-18-30(42)19-17-27)45-38(48)29-12-7-4-8-13-29/h3-19,22-23,36H,2,20-21,25-26H2,1H3,(H,44,49)(H,45,48)(H,46,50)/b35-22-. The fourth-order valence-corrected chi connectivity index (χ4v) is 8.35. The molecule has 1 aliphatic rings. The smallest absolute Gasteiger partial charge is 0.272 e. The number of fused-ring (bicyclic) bond motifs is 1. The van der Waals surface area contributed by atoms with Crippen molar-refractivity contribution in [2.45, 2.75) is 43.0 Å². The number of benzene rings is 4. The number of thioether (sulfide) groups is 1. The van der Waals surface area contributed by atoms with Gasteiger partial charge in [0.05, 0.1) is 10.8 Å². The molecule has 5 aromatic rings. The number of thiophene rings is 1. The Bertz CT molecular complexity index is 2130. The molecule has 0 bridgehead atoms. The molecule has 4 aromatic carbocycles. The van der Waals surface area contributed by atoms with Gasteiger partial charge in [0.15, 0.2) is 0 Å². The minimum atomic E-state index is -0.493. The molecule has 3 amide bonds. The number of hydrogen-bond donors (Lipinski definition) is 3. The summed E-state index contributed by atoms with van der Waals surface area (Å²) in [6.45, 7) is 4.37. The van der Waals surface area contributed by atoms with Gasteiger partial charge in [0, 0.05) is 45.1 Å². The first kappa shape index (κ1) is 36.8. The molecule has 0 aliphatic carbocycles. The first-order valence-electron chi connectivity index (χ1n) is 16.8. The van der Waals surface area contributed by atoms with Gasteiger partial charge >= 0.3 is 0 Å². The van der Waals surface area contributed by atoms with Gasteiger partial charge in [-0.2, -0.15) is 5.26 Å². The third kappa shape index (κ3) is 9.46. The average Bonchev–Trinajstić information content (AvgIpc) is 3.51. The summed E-state index contributed by atoms with van der Waals surface area (Å²) < 4.78 is 0.892. The number of nitrogens with one attached hydrogen (secondary N) is 3. The number of anilines is 2. The van der Waals surface area contributed by atoms with E-state index in [9.17, 15) is 19.6 Å². The Hall–Kier alpha value is -4.99. The molecule has 0 spiro atoms. The van der Waals surface area contributed by atoms with Crippen molar-refractivity contribution in [2.24, 2.45) is 0 Å². The molecule has 1 aromatic heterocycles. The van der Waals surface area contributed by atoms with Gasteiger partial charge in [-0.1, -0.05) is 89.6 Å². The zero-order chi connectivity index (χ0) is 36.5. The molecule has 0 radical (unpaired) electrons. The van der Waals surface area contributed by atoms with Crippen LogP contribution in [0, 0.1) is 11.3 Å². The quantitative estimate of drug-likeness (QED) is 0.0860. The highest BCUT2D eigenvalue weighted by atomic mass is 79.9. The molecule has 1 atom stereocenters. The van der Waals surface area contributed by atoms with E-state index >= 15 is 0 Å². The monoisotopic (exact) mass is 789 g/mol. The number of carbonyl (C=O) groups is 3. The maximum atomic E-state index is 13.6. The number of hydrogen-bond acceptors (Lipinski definition) is 7. The van der Waals surface area contributed by atoms with Crippen LogP contribution in [0.1, 0.15) is 50.8 Å². The van der Waals surface area contributed by atoms with E-state index in [0.29, 0.717) is 28.2 Å². The third-order valence-electron chi connectivity index (χ3n) is 8.48. The molecule has 3 N–H and O–H groups in total. The Balaban J connectivity index is 1.13. The molecular weight excluding hydrogens is 755 g/mol. The highest BCUT2D eigenvalue weighted by molar-refractivity contribution is 9.10. The molecule has 2 heterocycles. The van der Waals surface area contributed by atoms with E-state index in [-0.39, 0.29) is 11.6 Å². The summed E-state index contributed by atoms with van der Waals surface area (Å²) in [6.07, 6.45) is 2.94. The summed E-state index contributed by atoms with van der Waals surface area (Å²) in [4.78, 5) is 44.6. The highest BCUT2D eigenvalue weighted by Crippen LogP contribution is 2.38. The molecule has 8 nitrogen and oxygen atoms in total. The average molecular weight is 791 g/mol. The van der Waals surface area contributed by atoms with Crippen LogP contribution < -0.4 is 16.0 Å². The summed E-state index contributed by atoms with van der Waals surface area (Å²) in [5.74, 6) is -1.08. The second-order valence-electron chi connectivity index (χ2n) is 12.2. The van der Waals surface area contributed by atoms with Gasteiger partial charge in [0.1, 0.15) is 16.8 Å². The Morgan fingerprint density at radius 2 is 1.69 bits per heavy atom. The molecule has 0 saturated heterocycles. The number of amides is 3. The number of carbonyl (C=O) groups excluding carboxylic acids is 3. The van der Waals surface area contributed by atoms with Crippen LogP contribution in [0.3, 0.4) is 0 Å². The van der Waals surface area contributed by atoms with E-state index in [4.69, 9.17) is 0 Å². The van der Waals surface area contributed by atoms with E-state index in [1.807, 2.05) is 67.6 Å². The maximum absolute atomic E-state index is 13.6. The molecule has 52 heavy (non-hydrogen) atoms. The predicted molar refractivity (Wildman–Crippen MR) is 213 cm³/mol. The van der Waals surface area contributed by atoms with E-state index in [1.54, 1.807) is 42.5 Å². The summed E-state index contributed by atoms with van der Waals surface area (Å²) in [5, 5.41) is 19.0. The minimum absolute atomic E-state index is 0.0789. The lowest BCUT2D eigenvalue weighted by molar-refractivity contribution is -0.116. The van der Waals surface area contributed by atoms with E-state index in [2.05, 4.69) is 55.0 Å². The van der Waals surface area contributed by atoms with Gasteiger partial charge in [-0.05, 0) is 78.1 Å². The normalized spacial score (nSPS) is 13.4. The van der Waals surface area contributed by atoms with Crippen LogP contribution in [-0.2, 0) is 29.1 Å². The molecule has 1 aliphatic heterocycles. The highest BCUT2D eigenvalue weighted by Gasteiger charge is 2.27. The van der Waals surface area contributed by atoms with Crippen molar-refractivity contribution in [2.75, 3.05) is 17.2 Å². The topological polar surface area (TPSA) is 114 Å². The lowest BCUT2D eigenvalue weighted by Crippen LogP contribution is -2.30. The summed E-state index contributed by atoms with van der Waals surface area (Å²) in [6, 6.07) is 36.0. The van der Waals surface area contributed by atoms with E-state index in [1.165, 1.54) is 28.7 Å². The third-order valence-corrected chi connectivity index (χ3v) is 11.5. The molecule has 11 heteroatoms. The number of halogens is 1. The first-order valence-corrected chi connectivity index (χ1v) is 19.3. The van der Waals surface area contributed by atoms with Crippen LogP contribution in [0.2, 0.25) is 0 Å². The van der Waals surface area contributed by atoms with E-state index < -0.39 is 17.1 Å². The van der Waals surface area contributed by atoms with Gasteiger partial charge in [-0.25, -0.2) is 0 Å². The largest absolute Gasteiger partial charge is 0.321 e. The Labute approximate surface area is 320 Å². The summed E-state index contributed by atoms with van der Waals surface area (Å²) in [7, 11) is 0. The van der Waals surface area contributed by atoms with Crippen LogP contribution in [0.15, 0.2) is 124 Å². The minimum Gasteiger partial charge on any atom is -0.321 e. The number of rotatable bonds is 12. The summed E-state index contributed by atoms with van der Waals surface area (Å²) >= 11 is 6.31. The summed E-state index contributed by atoms with van der Waals surface area (Å²) in [5.41, 5.74) is 4.59. The van der Waals surface area contributed by atoms with Gasteiger partial charge in [0.25, 0.3) is 11.8 Å².